The molecule has 0 unspecified atom stereocenters. The van der Waals surface area contributed by atoms with Crippen LogP contribution in [0.25, 0.3) is 0 Å². The summed E-state index contributed by atoms with van der Waals surface area (Å²) in [4.78, 5) is 0. The second-order valence-corrected chi connectivity index (χ2v) is 4.88. The van der Waals surface area contributed by atoms with Crippen LogP contribution in [-0.4, -0.2) is 5.11 Å². The van der Waals surface area contributed by atoms with E-state index in [4.69, 9.17) is 5.73 Å². The minimum absolute atomic E-state index is 0.387. The second-order valence-electron chi connectivity index (χ2n) is 4.88. The molecule has 2 heteroatoms. The van der Waals surface area contributed by atoms with Crippen molar-refractivity contribution >= 4 is 5.69 Å². The van der Waals surface area contributed by atoms with Crippen LogP contribution in [0.3, 0.4) is 0 Å². The van der Waals surface area contributed by atoms with Crippen molar-refractivity contribution in [3.8, 4) is 5.75 Å². The normalized spacial score (nSPS) is 10.6. The predicted octanol–water partition coefficient (Wildman–Crippen LogP) is 3.69. The molecular weight excluding hydrogens is 234 g/mol. The molecule has 3 N–H and O–H groups in total. The molecule has 2 rings (SSSR count). The third-order valence-electron chi connectivity index (χ3n) is 3.52. The van der Waals surface area contributed by atoms with E-state index in [0.29, 0.717) is 5.75 Å². The lowest BCUT2D eigenvalue weighted by Crippen LogP contribution is -1.96. The molecule has 0 aromatic heterocycles. The summed E-state index contributed by atoms with van der Waals surface area (Å²) in [5, 5.41) is 9.70. The van der Waals surface area contributed by atoms with Crippen LogP contribution in [0.1, 0.15) is 36.1 Å². The van der Waals surface area contributed by atoms with Gasteiger partial charge in [0.25, 0.3) is 0 Å². The largest absolute Gasteiger partial charge is 0.508 e. The average molecular weight is 255 g/mol. The molecule has 0 amide bonds. The molecule has 0 bridgehead atoms. The number of benzene rings is 2. The van der Waals surface area contributed by atoms with Gasteiger partial charge in [-0.3, -0.25) is 0 Å². The molecule has 2 nitrogen and oxygen atoms in total. The fraction of sp³-hybridized carbons (Fsp3) is 0.294. The molecule has 100 valence electrons. The van der Waals surface area contributed by atoms with Gasteiger partial charge in [0, 0.05) is 5.69 Å². The average Bonchev–Trinajstić information content (AvgIpc) is 2.43. The Bertz CT molecular complexity index is 524. The molecule has 0 saturated heterocycles. The van der Waals surface area contributed by atoms with Crippen LogP contribution < -0.4 is 5.73 Å². The summed E-state index contributed by atoms with van der Waals surface area (Å²) in [6, 6.07) is 12.1. The molecule has 0 heterocycles. The van der Waals surface area contributed by atoms with Gasteiger partial charge in [-0.05, 0) is 53.6 Å². The maximum absolute atomic E-state index is 9.70. The molecule has 0 spiro atoms. The molecule has 2 aromatic rings. The smallest absolute Gasteiger partial charge is 0.118 e. The van der Waals surface area contributed by atoms with E-state index in [1.165, 1.54) is 16.7 Å². The molecule has 19 heavy (non-hydrogen) atoms. The van der Waals surface area contributed by atoms with Crippen molar-refractivity contribution in [1.29, 1.82) is 0 Å². The molecular formula is C17H21NO. The number of phenols is 1. The number of hydrogen-bond acceptors (Lipinski definition) is 2. The van der Waals surface area contributed by atoms with Crippen LogP contribution in [0.2, 0.25) is 0 Å². The Morgan fingerprint density at radius 2 is 1.47 bits per heavy atom. The number of nitrogens with two attached hydrogens (primary N) is 1. The Labute approximate surface area is 114 Å². The number of anilines is 1. The molecule has 2 aromatic carbocycles. The van der Waals surface area contributed by atoms with Gasteiger partial charge in [-0.25, -0.2) is 0 Å². The summed E-state index contributed by atoms with van der Waals surface area (Å²) in [6.45, 7) is 4.17. The summed E-state index contributed by atoms with van der Waals surface area (Å²) >= 11 is 0. The monoisotopic (exact) mass is 255 g/mol. The summed E-state index contributed by atoms with van der Waals surface area (Å²) in [5.74, 6) is 0.387. The summed E-state index contributed by atoms with van der Waals surface area (Å²) in [7, 11) is 0. The van der Waals surface area contributed by atoms with E-state index >= 15 is 0 Å². The van der Waals surface area contributed by atoms with Crippen molar-refractivity contribution in [2.45, 2.75) is 33.1 Å². The van der Waals surface area contributed by atoms with E-state index in [9.17, 15) is 5.11 Å². The van der Waals surface area contributed by atoms with Crippen molar-refractivity contribution in [3.05, 3.63) is 58.7 Å². The van der Waals surface area contributed by atoms with Crippen molar-refractivity contribution in [1.82, 2.24) is 0 Å². The maximum atomic E-state index is 9.70. The molecule has 0 atom stereocenters. The highest BCUT2D eigenvalue weighted by Crippen LogP contribution is 2.22. The lowest BCUT2D eigenvalue weighted by molar-refractivity contribution is 0.468. The lowest BCUT2D eigenvalue weighted by Gasteiger charge is -2.09. The predicted molar refractivity (Wildman–Crippen MR) is 80.5 cm³/mol. The van der Waals surface area contributed by atoms with Gasteiger partial charge in [-0.2, -0.15) is 0 Å². The molecule has 0 saturated carbocycles. The Kier molecular flexibility index (Phi) is 4.10. The van der Waals surface area contributed by atoms with Gasteiger partial charge in [-0.15, -0.1) is 0 Å². The van der Waals surface area contributed by atoms with E-state index in [1.807, 2.05) is 12.1 Å². The van der Waals surface area contributed by atoms with Crippen LogP contribution in [0, 0.1) is 0 Å². The van der Waals surface area contributed by atoms with Gasteiger partial charge in [0.15, 0.2) is 0 Å². The van der Waals surface area contributed by atoms with Gasteiger partial charge in [0.05, 0.1) is 0 Å². The first kappa shape index (κ1) is 13.5. The highest BCUT2D eigenvalue weighted by Gasteiger charge is 2.04. The minimum Gasteiger partial charge on any atom is -0.508 e. The van der Waals surface area contributed by atoms with E-state index in [-0.39, 0.29) is 0 Å². The zero-order valence-electron chi connectivity index (χ0n) is 11.6. The zero-order valence-corrected chi connectivity index (χ0v) is 11.6. The number of rotatable bonds is 4. The van der Waals surface area contributed by atoms with Crippen LogP contribution in [0.4, 0.5) is 5.69 Å². The van der Waals surface area contributed by atoms with Crippen molar-refractivity contribution in [2.75, 3.05) is 5.73 Å². The van der Waals surface area contributed by atoms with E-state index in [0.717, 1.165) is 30.5 Å². The van der Waals surface area contributed by atoms with Gasteiger partial charge in [0.1, 0.15) is 5.75 Å². The number of hydrogen-bond donors (Lipinski definition) is 2. The third-order valence-corrected chi connectivity index (χ3v) is 3.52. The van der Waals surface area contributed by atoms with Gasteiger partial charge < -0.3 is 10.8 Å². The van der Waals surface area contributed by atoms with E-state index < -0.39 is 0 Å². The fourth-order valence-corrected chi connectivity index (χ4v) is 2.34. The number of phenolic OH excluding ortho intramolecular Hbond substituents is 1. The summed E-state index contributed by atoms with van der Waals surface area (Å²) in [6.07, 6.45) is 2.68. The fourth-order valence-electron chi connectivity index (χ4n) is 2.34. The first-order valence-corrected chi connectivity index (χ1v) is 6.82. The number of aryl methyl sites for hydroxylation is 2. The van der Waals surface area contributed by atoms with Gasteiger partial charge in [0.2, 0.25) is 0 Å². The number of nitrogen functional groups attached to an aromatic ring is 1. The SMILES string of the molecule is CCc1cc(Cc2ccc(O)c(CC)c2)ccc1N. The molecule has 0 radical (unpaired) electrons. The lowest BCUT2D eigenvalue weighted by atomic mass is 9.98. The Morgan fingerprint density at radius 3 is 2.11 bits per heavy atom. The summed E-state index contributed by atoms with van der Waals surface area (Å²) in [5.41, 5.74) is 11.5. The Balaban J connectivity index is 2.25. The quantitative estimate of drug-likeness (QED) is 0.818. The number of aromatic hydroxyl groups is 1. The molecule has 0 aliphatic carbocycles. The van der Waals surface area contributed by atoms with E-state index in [1.54, 1.807) is 6.07 Å². The second kappa shape index (κ2) is 5.79. The molecule has 0 aliphatic rings. The van der Waals surface area contributed by atoms with Crippen molar-refractivity contribution in [2.24, 2.45) is 0 Å². The molecule has 0 aliphatic heterocycles. The Hall–Kier alpha value is -1.96. The van der Waals surface area contributed by atoms with Gasteiger partial charge in [-0.1, -0.05) is 38.1 Å². The standard InChI is InChI=1S/C17H21NO/c1-3-14-10-12(5-7-16(14)18)9-13-6-8-17(19)15(4-2)11-13/h5-8,10-11,19H,3-4,9,18H2,1-2H3. The molecule has 0 fully saturated rings. The van der Waals surface area contributed by atoms with Crippen LogP contribution in [0.5, 0.6) is 5.75 Å². The van der Waals surface area contributed by atoms with Gasteiger partial charge >= 0.3 is 0 Å². The maximum Gasteiger partial charge on any atom is 0.118 e. The van der Waals surface area contributed by atoms with Crippen LogP contribution in [-0.2, 0) is 19.3 Å². The van der Waals surface area contributed by atoms with Crippen molar-refractivity contribution in [3.63, 3.8) is 0 Å². The highest BCUT2D eigenvalue weighted by molar-refractivity contribution is 5.49. The van der Waals surface area contributed by atoms with E-state index in [2.05, 4.69) is 32.0 Å². The Morgan fingerprint density at radius 1 is 0.895 bits per heavy atom. The minimum atomic E-state index is 0.387. The third kappa shape index (κ3) is 3.08. The summed E-state index contributed by atoms with van der Waals surface area (Å²) < 4.78 is 0. The van der Waals surface area contributed by atoms with Crippen LogP contribution >= 0.6 is 0 Å². The van der Waals surface area contributed by atoms with Crippen LogP contribution in [0.15, 0.2) is 36.4 Å². The zero-order chi connectivity index (χ0) is 13.8. The topological polar surface area (TPSA) is 46.2 Å². The first-order valence-electron chi connectivity index (χ1n) is 6.82. The highest BCUT2D eigenvalue weighted by atomic mass is 16.3. The van der Waals surface area contributed by atoms with Crippen molar-refractivity contribution < 1.29 is 5.11 Å². The first-order chi connectivity index (χ1) is 9.13.